The third-order valence-corrected chi connectivity index (χ3v) is 8.56. The van der Waals surface area contributed by atoms with Crippen molar-refractivity contribution in [3.63, 3.8) is 0 Å². The van der Waals surface area contributed by atoms with Crippen molar-refractivity contribution in [1.82, 2.24) is 5.32 Å². The molecule has 0 aliphatic carbocycles. The van der Waals surface area contributed by atoms with Crippen LogP contribution in [-0.4, -0.2) is 60.8 Å². The van der Waals surface area contributed by atoms with Gasteiger partial charge in [-0.2, -0.15) is 0 Å². The van der Waals surface area contributed by atoms with E-state index in [1.54, 1.807) is 31.2 Å². The number of nitrogens with two attached hydrogens (primary N) is 2. The van der Waals surface area contributed by atoms with Crippen LogP contribution in [0.1, 0.15) is 59.6 Å². The van der Waals surface area contributed by atoms with Crippen LogP contribution < -0.4 is 16.8 Å². The van der Waals surface area contributed by atoms with Gasteiger partial charge in [-0.3, -0.25) is 23.4 Å². The van der Waals surface area contributed by atoms with Gasteiger partial charge in [-0.25, -0.2) is 4.57 Å². The number of nitrogens with one attached hydrogen (secondary N) is 1. The molecule has 0 saturated heterocycles. The molecule has 13 heteroatoms. The van der Waals surface area contributed by atoms with Crippen molar-refractivity contribution in [2.45, 2.75) is 64.8 Å². The minimum atomic E-state index is -4.20. The van der Waals surface area contributed by atoms with E-state index < -0.39 is 19.8 Å². The first-order valence-corrected chi connectivity index (χ1v) is 18.0. The number of amides is 1. The number of esters is 1. The fourth-order valence-corrected chi connectivity index (χ4v) is 6.04. The van der Waals surface area contributed by atoms with Crippen molar-refractivity contribution in [3.8, 4) is 11.1 Å². The summed E-state index contributed by atoms with van der Waals surface area (Å²) in [5, 5.41) is 12.0. The number of ether oxygens (including phenoxy) is 1. The molecule has 0 radical (unpaired) electrons. The van der Waals surface area contributed by atoms with Crippen molar-refractivity contribution in [2.75, 3.05) is 32.9 Å². The topological polar surface area (TPSA) is 200 Å². The van der Waals surface area contributed by atoms with E-state index in [2.05, 4.69) is 28.0 Å². The molecule has 0 aliphatic heterocycles. The van der Waals surface area contributed by atoms with Crippen LogP contribution in [0.15, 0.2) is 60.7 Å². The Morgan fingerprint density at radius 1 is 0.735 bits per heavy atom. The lowest BCUT2D eigenvalue weighted by atomic mass is 9.93. The summed E-state index contributed by atoms with van der Waals surface area (Å²) in [5.74, 6) is -1.74. The Bertz CT molecular complexity index is 1600. The zero-order valence-electron chi connectivity index (χ0n) is 28.0. The predicted octanol–water partition coefficient (Wildman–Crippen LogP) is 4.25. The third kappa shape index (κ3) is 15.0. The van der Waals surface area contributed by atoms with Crippen molar-refractivity contribution in [1.29, 1.82) is 0 Å². The summed E-state index contributed by atoms with van der Waals surface area (Å²) in [6.45, 7) is 2.40. The lowest BCUT2D eigenvalue weighted by Crippen LogP contribution is -2.24. The number of phosphoric ester groups is 1. The van der Waals surface area contributed by atoms with E-state index in [0.29, 0.717) is 29.8 Å². The first-order valence-electron chi connectivity index (χ1n) is 16.5. The van der Waals surface area contributed by atoms with E-state index in [4.69, 9.17) is 25.8 Å². The fraction of sp³-hybridized carbons (Fsp3) is 0.417. The maximum absolute atomic E-state index is 12.9. The highest BCUT2D eigenvalue weighted by molar-refractivity contribution is 7.47. The molecule has 7 N–H and O–H groups in total. The van der Waals surface area contributed by atoms with E-state index in [1.165, 1.54) is 5.56 Å². The quantitative estimate of drug-likeness (QED) is 0.0571. The van der Waals surface area contributed by atoms with Gasteiger partial charge < -0.3 is 31.5 Å². The van der Waals surface area contributed by atoms with Gasteiger partial charge in [0.05, 0.1) is 32.5 Å². The number of carbonyl (C=O) groups is 3. The first kappa shape index (κ1) is 39.5. The second kappa shape index (κ2) is 20.6. The molecule has 1 amide bonds. The van der Waals surface area contributed by atoms with Crippen LogP contribution in [0.25, 0.3) is 11.1 Å². The molecule has 3 aromatic rings. The predicted molar refractivity (Wildman–Crippen MR) is 187 cm³/mol. The number of aliphatic carboxylic acids is 1. The normalized spacial score (nSPS) is 12.3. The van der Waals surface area contributed by atoms with Gasteiger partial charge in [-0.15, -0.1) is 0 Å². The Hall–Kier alpha value is -3.90. The average molecular weight is 698 g/mol. The molecule has 49 heavy (non-hydrogen) atoms. The molecule has 1 unspecified atom stereocenters. The Morgan fingerprint density at radius 2 is 1.33 bits per heavy atom. The average Bonchev–Trinajstić information content (AvgIpc) is 3.04. The smallest absolute Gasteiger partial charge is 0.472 e. The van der Waals surface area contributed by atoms with Crippen molar-refractivity contribution >= 4 is 25.7 Å². The number of phosphoric acid groups is 1. The summed E-state index contributed by atoms with van der Waals surface area (Å²) < 4.78 is 26.4. The van der Waals surface area contributed by atoms with Crippen LogP contribution in [0.4, 0.5) is 0 Å². The highest BCUT2D eigenvalue weighted by Gasteiger charge is 2.20. The highest BCUT2D eigenvalue weighted by atomic mass is 31.2. The van der Waals surface area contributed by atoms with E-state index in [1.807, 2.05) is 18.2 Å². The molecule has 3 aromatic carbocycles. The van der Waals surface area contributed by atoms with Gasteiger partial charge in [0.15, 0.2) is 0 Å². The minimum Gasteiger partial charge on any atom is -0.481 e. The minimum absolute atomic E-state index is 0.00219. The summed E-state index contributed by atoms with van der Waals surface area (Å²) in [7, 11) is -4.20. The number of benzene rings is 3. The number of unbranched alkanes of at least 4 members (excludes halogenated alkanes) is 1. The molecule has 0 fully saturated rings. The number of rotatable bonds is 22. The van der Waals surface area contributed by atoms with Crippen LogP contribution in [0, 0.1) is 0 Å². The monoisotopic (exact) mass is 697 g/mol. The molecule has 0 spiro atoms. The molecule has 266 valence electrons. The van der Waals surface area contributed by atoms with Gasteiger partial charge in [0.1, 0.15) is 6.61 Å². The van der Waals surface area contributed by atoms with Crippen LogP contribution in [0.3, 0.4) is 0 Å². The second-order valence-corrected chi connectivity index (χ2v) is 13.1. The molecule has 12 nitrogen and oxygen atoms in total. The Kier molecular flexibility index (Phi) is 16.6. The maximum Gasteiger partial charge on any atom is 0.472 e. The summed E-state index contributed by atoms with van der Waals surface area (Å²) in [4.78, 5) is 46.4. The Morgan fingerprint density at radius 3 is 1.98 bits per heavy atom. The van der Waals surface area contributed by atoms with Crippen LogP contribution >= 0.6 is 7.82 Å². The van der Waals surface area contributed by atoms with Crippen LogP contribution in [0.5, 0.6) is 0 Å². The zero-order valence-corrected chi connectivity index (χ0v) is 28.9. The number of hydrogen-bond acceptors (Lipinski definition) is 9. The molecular weight excluding hydrogens is 649 g/mol. The van der Waals surface area contributed by atoms with Gasteiger partial charge in [0.2, 0.25) is 5.91 Å². The largest absolute Gasteiger partial charge is 0.481 e. The van der Waals surface area contributed by atoms with Crippen molar-refractivity contribution in [2.24, 2.45) is 11.5 Å². The van der Waals surface area contributed by atoms with Crippen molar-refractivity contribution in [3.05, 3.63) is 94.0 Å². The van der Waals surface area contributed by atoms with Gasteiger partial charge >= 0.3 is 19.8 Å². The third-order valence-electron chi connectivity index (χ3n) is 7.47. The number of carboxylic acid groups (broad SMARTS) is 1. The first-order chi connectivity index (χ1) is 23.5. The van der Waals surface area contributed by atoms with Crippen LogP contribution in [0.2, 0.25) is 0 Å². The summed E-state index contributed by atoms with van der Waals surface area (Å²) in [6.07, 6.45) is 4.28. The van der Waals surface area contributed by atoms with E-state index in [9.17, 15) is 23.8 Å². The Balaban J connectivity index is 1.83. The van der Waals surface area contributed by atoms with E-state index >= 15 is 0 Å². The highest BCUT2D eigenvalue weighted by Crippen LogP contribution is 2.42. The summed E-state index contributed by atoms with van der Waals surface area (Å²) in [5.41, 5.74) is 18.5. The molecule has 0 bridgehead atoms. The molecule has 0 aromatic heterocycles. The molecule has 1 atom stereocenters. The lowest BCUT2D eigenvalue weighted by molar-refractivity contribution is -0.143. The maximum atomic E-state index is 12.9. The zero-order chi connectivity index (χ0) is 35.6. The van der Waals surface area contributed by atoms with Gasteiger partial charge in [-0.05, 0) is 103 Å². The molecule has 0 heterocycles. The number of hydrogen-bond donors (Lipinski definition) is 5. The molecule has 3 rings (SSSR count). The lowest BCUT2D eigenvalue weighted by Gasteiger charge is -2.14. The molecular formula is C36H48N3O9P. The van der Waals surface area contributed by atoms with E-state index in [0.717, 1.165) is 54.4 Å². The number of carbonyl (C=O) groups excluding carboxylic acids is 2. The SMILES string of the molecule is CCOP(=O)(O)OCCOC(=O)Cc1cc(CNC(=O)Cc2cccc(CC(=O)O)c2)cc(-c2cc(CCCN)cc(CCCCN)c2)c1. The Labute approximate surface area is 287 Å². The summed E-state index contributed by atoms with van der Waals surface area (Å²) >= 11 is 0. The molecule has 0 aliphatic rings. The summed E-state index contributed by atoms with van der Waals surface area (Å²) in [6, 6.07) is 19.1. The van der Waals surface area contributed by atoms with Crippen LogP contribution in [-0.2, 0) is 71.4 Å². The standard InChI is InChI=1S/C36H48N3O9P/c1-2-47-49(44,45)48-14-13-46-36(43)24-30-17-31(25-39-34(40)22-28-8-5-9-29(16-28)23-35(41)42)21-33(20-30)32-18-26(7-3-4-11-37)15-27(19-32)10-6-12-38/h5,8-9,15-21H,2-4,6-7,10-14,22-25,37-38H2,1H3,(H,39,40)(H,41,42)(H,44,45). The number of aryl methyl sites for hydroxylation is 2. The van der Waals surface area contributed by atoms with Gasteiger partial charge in [0.25, 0.3) is 0 Å². The van der Waals surface area contributed by atoms with Gasteiger partial charge in [0, 0.05) is 6.54 Å². The second-order valence-electron chi connectivity index (χ2n) is 11.7. The fourth-order valence-electron chi connectivity index (χ4n) is 5.33. The van der Waals surface area contributed by atoms with Gasteiger partial charge in [-0.1, -0.05) is 54.6 Å². The van der Waals surface area contributed by atoms with E-state index in [-0.39, 0.29) is 51.5 Å². The van der Waals surface area contributed by atoms with Crippen molar-refractivity contribution < 1.29 is 42.7 Å². The molecule has 0 saturated carbocycles. The number of carboxylic acids is 1.